The molecular formula is C22H23Cl3F3N3O4S. The van der Waals surface area contributed by atoms with Crippen LogP contribution in [0, 0.1) is 0 Å². The lowest BCUT2D eigenvalue weighted by atomic mass is 10.1. The monoisotopic (exact) mass is 587 g/mol. The van der Waals surface area contributed by atoms with Gasteiger partial charge in [-0.05, 0) is 42.3 Å². The smallest absolute Gasteiger partial charge is 0.357 e. The van der Waals surface area contributed by atoms with Gasteiger partial charge in [-0.1, -0.05) is 47.8 Å². The molecule has 0 aliphatic rings. The van der Waals surface area contributed by atoms with Crippen LogP contribution in [0.15, 0.2) is 36.4 Å². The predicted octanol–water partition coefficient (Wildman–Crippen LogP) is 4.99. The standard InChI is InChI=1S/C22H23Cl3F3N3O4S/c1-4-19(21(33)29-2)30(11-13-5-7-17(24)18(25)9-13)20(32)12-31(36(3,34)35)14-6-8-16(23)15(10-14)22(26,27)28/h5-10,19H,4,11-12H2,1-3H3,(H,29,33)/t19-/m1/s1. The van der Waals surface area contributed by atoms with Crippen molar-refractivity contribution in [2.24, 2.45) is 0 Å². The van der Waals surface area contributed by atoms with Gasteiger partial charge >= 0.3 is 6.18 Å². The fraction of sp³-hybridized carbons (Fsp3) is 0.364. The summed E-state index contributed by atoms with van der Waals surface area (Å²) in [5.74, 6) is -1.34. The number of likely N-dealkylation sites (N-methyl/N-ethyl adjacent to an activating group) is 1. The number of nitrogens with zero attached hydrogens (tertiary/aromatic N) is 2. The highest BCUT2D eigenvalue weighted by Gasteiger charge is 2.36. The van der Waals surface area contributed by atoms with Gasteiger partial charge in [-0.2, -0.15) is 13.2 Å². The zero-order valence-electron chi connectivity index (χ0n) is 19.4. The van der Waals surface area contributed by atoms with E-state index in [0.717, 1.165) is 23.3 Å². The second-order valence-electron chi connectivity index (χ2n) is 7.74. The summed E-state index contributed by atoms with van der Waals surface area (Å²) in [4.78, 5) is 27.1. The Balaban J connectivity index is 2.53. The van der Waals surface area contributed by atoms with Gasteiger partial charge in [0.1, 0.15) is 12.6 Å². The molecule has 0 spiro atoms. The van der Waals surface area contributed by atoms with E-state index >= 15 is 0 Å². The minimum atomic E-state index is -4.85. The van der Waals surface area contributed by atoms with Crippen LogP contribution in [-0.4, -0.2) is 51.0 Å². The van der Waals surface area contributed by atoms with Gasteiger partial charge in [0, 0.05) is 13.6 Å². The molecule has 0 unspecified atom stereocenters. The average molecular weight is 589 g/mol. The summed E-state index contributed by atoms with van der Waals surface area (Å²) < 4.78 is 65.7. The number of alkyl halides is 3. The van der Waals surface area contributed by atoms with Crippen LogP contribution in [0.5, 0.6) is 0 Å². The van der Waals surface area contributed by atoms with Crippen molar-refractivity contribution in [3.63, 3.8) is 0 Å². The largest absolute Gasteiger partial charge is 0.417 e. The number of nitrogens with one attached hydrogen (secondary N) is 1. The molecule has 2 amide bonds. The molecule has 1 atom stereocenters. The molecule has 0 aliphatic carbocycles. The van der Waals surface area contributed by atoms with E-state index in [-0.39, 0.29) is 23.0 Å². The zero-order chi connectivity index (χ0) is 27.4. The van der Waals surface area contributed by atoms with Crippen LogP contribution < -0.4 is 9.62 Å². The van der Waals surface area contributed by atoms with Crippen LogP contribution >= 0.6 is 34.8 Å². The summed E-state index contributed by atoms with van der Waals surface area (Å²) in [5, 5.41) is 2.29. The molecule has 0 radical (unpaired) electrons. The molecule has 198 valence electrons. The number of carbonyl (C=O) groups excluding carboxylic acids is 2. The number of benzene rings is 2. The fourth-order valence-corrected chi connectivity index (χ4v) is 4.81. The van der Waals surface area contributed by atoms with Gasteiger partial charge in [0.2, 0.25) is 21.8 Å². The van der Waals surface area contributed by atoms with Crippen LogP contribution in [0.25, 0.3) is 0 Å². The number of rotatable bonds is 9. The van der Waals surface area contributed by atoms with E-state index < -0.39 is 56.9 Å². The second-order valence-corrected chi connectivity index (χ2v) is 10.9. The first kappa shape index (κ1) is 30.0. The first-order valence-corrected chi connectivity index (χ1v) is 13.4. The maximum atomic E-state index is 13.4. The molecule has 2 aromatic carbocycles. The Morgan fingerprint density at radius 3 is 2.14 bits per heavy atom. The highest BCUT2D eigenvalue weighted by molar-refractivity contribution is 7.92. The molecule has 7 nitrogen and oxygen atoms in total. The molecule has 0 aliphatic heterocycles. The Morgan fingerprint density at radius 2 is 1.64 bits per heavy atom. The average Bonchev–Trinajstić information content (AvgIpc) is 2.78. The predicted molar refractivity (Wildman–Crippen MR) is 134 cm³/mol. The van der Waals surface area contributed by atoms with Crippen molar-refractivity contribution in [1.29, 1.82) is 0 Å². The Kier molecular flexibility index (Phi) is 9.91. The number of anilines is 1. The van der Waals surface area contributed by atoms with Gasteiger partial charge in [0.05, 0.1) is 32.6 Å². The fourth-order valence-electron chi connectivity index (χ4n) is 3.42. The molecule has 2 rings (SSSR count). The van der Waals surface area contributed by atoms with Crippen LogP contribution in [0.2, 0.25) is 15.1 Å². The van der Waals surface area contributed by atoms with Crippen molar-refractivity contribution in [3.05, 3.63) is 62.6 Å². The number of halogens is 6. The van der Waals surface area contributed by atoms with Crippen molar-refractivity contribution in [1.82, 2.24) is 10.2 Å². The third-order valence-electron chi connectivity index (χ3n) is 5.19. The summed E-state index contributed by atoms with van der Waals surface area (Å²) in [6.07, 6.45) is -3.93. The normalized spacial score (nSPS) is 12.7. The molecular weight excluding hydrogens is 566 g/mol. The molecule has 14 heteroatoms. The van der Waals surface area contributed by atoms with Crippen LogP contribution in [0.1, 0.15) is 24.5 Å². The summed E-state index contributed by atoms with van der Waals surface area (Å²) in [6, 6.07) is 6.07. The van der Waals surface area contributed by atoms with Crippen molar-refractivity contribution in [2.45, 2.75) is 32.1 Å². The summed E-state index contributed by atoms with van der Waals surface area (Å²) in [5.41, 5.74) is -1.17. The lowest BCUT2D eigenvalue weighted by Crippen LogP contribution is -2.51. The Labute approximate surface area is 222 Å². The SMILES string of the molecule is CC[C@H](C(=O)NC)N(Cc1ccc(Cl)c(Cl)c1)C(=O)CN(c1ccc(Cl)c(C(F)(F)F)c1)S(C)(=O)=O. The maximum Gasteiger partial charge on any atom is 0.417 e. The molecule has 36 heavy (non-hydrogen) atoms. The molecule has 0 saturated carbocycles. The molecule has 0 bridgehead atoms. The topological polar surface area (TPSA) is 86.8 Å². The summed E-state index contributed by atoms with van der Waals surface area (Å²) >= 11 is 17.7. The Hall–Kier alpha value is -2.21. The Morgan fingerprint density at radius 1 is 1.03 bits per heavy atom. The zero-order valence-corrected chi connectivity index (χ0v) is 22.5. The van der Waals surface area contributed by atoms with E-state index in [1.54, 1.807) is 13.0 Å². The van der Waals surface area contributed by atoms with Gasteiger partial charge in [-0.3, -0.25) is 13.9 Å². The van der Waals surface area contributed by atoms with Crippen molar-refractivity contribution in [2.75, 3.05) is 24.2 Å². The van der Waals surface area contributed by atoms with Gasteiger partial charge in [-0.15, -0.1) is 0 Å². The van der Waals surface area contributed by atoms with E-state index in [4.69, 9.17) is 34.8 Å². The van der Waals surface area contributed by atoms with E-state index in [2.05, 4.69) is 5.32 Å². The molecule has 0 saturated heterocycles. The Bertz CT molecular complexity index is 1240. The van der Waals surface area contributed by atoms with Gasteiger partial charge < -0.3 is 10.2 Å². The van der Waals surface area contributed by atoms with E-state index in [9.17, 15) is 31.2 Å². The molecule has 0 fully saturated rings. The molecule has 1 N–H and O–H groups in total. The maximum absolute atomic E-state index is 13.4. The summed E-state index contributed by atoms with van der Waals surface area (Å²) in [7, 11) is -2.85. The molecule has 0 aromatic heterocycles. The van der Waals surface area contributed by atoms with Gasteiger partial charge in [-0.25, -0.2) is 8.42 Å². The highest BCUT2D eigenvalue weighted by atomic mass is 35.5. The first-order chi connectivity index (χ1) is 16.6. The minimum absolute atomic E-state index is 0.145. The van der Waals surface area contributed by atoms with E-state index in [1.165, 1.54) is 19.2 Å². The molecule has 2 aromatic rings. The third-order valence-corrected chi connectivity index (χ3v) is 7.40. The van der Waals surface area contributed by atoms with Crippen molar-refractivity contribution >= 4 is 62.3 Å². The highest BCUT2D eigenvalue weighted by Crippen LogP contribution is 2.37. The number of amides is 2. The lowest BCUT2D eigenvalue weighted by molar-refractivity contribution is -0.140. The minimum Gasteiger partial charge on any atom is -0.357 e. The lowest BCUT2D eigenvalue weighted by Gasteiger charge is -2.32. The number of hydrogen-bond acceptors (Lipinski definition) is 4. The van der Waals surface area contributed by atoms with Gasteiger partial charge in [0.15, 0.2) is 0 Å². The van der Waals surface area contributed by atoms with Gasteiger partial charge in [0.25, 0.3) is 0 Å². The molecule has 0 heterocycles. The van der Waals surface area contributed by atoms with Crippen LogP contribution in [0.3, 0.4) is 0 Å². The van der Waals surface area contributed by atoms with Crippen molar-refractivity contribution in [3.8, 4) is 0 Å². The summed E-state index contributed by atoms with van der Waals surface area (Å²) in [6.45, 7) is 0.637. The second kappa shape index (κ2) is 11.9. The van der Waals surface area contributed by atoms with Crippen LogP contribution in [0.4, 0.5) is 18.9 Å². The van der Waals surface area contributed by atoms with Crippen LogP contribution in [-0.2, 0) is 32.3 Å². The van der Waals surface area contributed by atoms with E-state index in [1.807, 2.05) is 0 Å². The number of hydrogen-bond donors (Lipinski definition) is 1. The number of sulfonamides is 1. The first-order valence-electron chi connectivity index (χ1n) is 10.4. The quantitative estimate of drug-likeness (QED) is 0.448. The van der Waals surface area contributed by atoms with E-state index in [0.29, 0.717) is 15.9 Å². The van der Waals surface area contributed by atoms with Crippen molar-refractivity contribution < 1.29 is 31.2 Å². The third kappa shape index (κ3) is 7.41. The number of carbonyl (C=O) groups is 2.